The first-order valence-electron chi connectivity index (χ1n) is 5.79. The second-order valence-corrected chi connectivity index (χ2v) is 3.95. The summed E-state index contributed by atoms with van der Waals surface area (Å²) in [5, 5.41) is 8.96. The summed E-state index contributed by atoms with van der Waals surface area (Å²) < 4.78 is 10.8. The average molecular weight is 282 g/mol. The molecule has 0 bridgehead atoms. The van der Waals surface area contributed by atoms with Crippen molar-refractivity contribution in [3.63, 3.8) is 0 Å². The third kappa shape index (κ3) is 4.27. The van der Waals surface area contributed by atoms with E-state index in [4.69, 9.17) is 14.6 Å². The van der Waals surface area contributed by atoms with E-state index in [2.05, 4.69) is 0 Å². The minimum atomic E-state index is -0.993. The molecule has 0 spiro atoms. The first-order valence-corrected chi connectivity index (χ1v) is 5.79. The molecule has 20 heavy (non-hydrogen) atoms. The van der Waals surface area contributed by atoms with Crippen LogP contribution in [0.1, 0.15) is 17.3 Å². The minimum Gasteiger partial charge on any atom is -1.00 e. The number of carboxylic acids is 1. The van der Waals surface area contributed by atoms with Crippen LogP contribution in [0.2, 0.25) is 0 Å². The molecule has 0 radical (unpaired) electrons. The van der Waals surface area contributed by atoms with E-state index in [1.54, 1.807) is 6.07 Å². The third-order valence-corrected chi connectivity index (χ3v) is 2.65. The van der Waals surface area contributed by atoms with Gasteiger partial charge < -0.3 is 16.0 Å². The molecule has 2 aromatic carbocycles. The van der Waals surface area contributed by atoms with Gasteiger partial charge in [-0.2, -0.15) is 0 Å². The zero-order chi connectivity index (χ0) is 13.7. The van der Waals surface area contributed by atoms with Gasteiger partial charge in [-0.1, -0.05) is 30.3 Å². The molecule has 1 N–H and O–H groups in total. The molecular formula is C15H15NaO4. The Morgan fingerprint density at radius 2 is 1.85 bits per heavy atom. The quantitative estimate of drug-likeness (QED) is 0.790. The second-order valence-electron chi connectivity index (χ2n) is 3.95. The van der Waals surface area contributed by atoms with E-state index >= 15 is 0 Å². The van der Waals surface area contributed by atoms with E-state index in [0.717, 1.165) is 5.56 Å². The standard InChI is InChI=1S/C15H14O4.Na.H/c1-18-13-8-7-12(15(16)17)9-14(13)19-10-11-5-3-2-4-6-11;;/h2-9H,10H2,1H3,(H,16,17);;/q;+1;-1. The van der Waals surface area contributed by atoms with E-state index in [1.807, 2.05) is 30.3 Å². The number of benzene rings is 2. The molecule has 0 aliphatic carbocycles. The van der Waals surface area contributed by atoms with Gasteiger partial charge in [-0.15, -0.1) is 0 Å². The molecule has 100 valence electrons. The van der Waals surface area contributed by atoms with Crippen LogP contribution in [0.3, 0.4) is 0 Å². The number of aromatic carboxylic acids is 1. The van der Waals surface area contributed by atoms with Crippen molar-refractivity contribution in [2.75, 3.05) is 7.11 Å². The molecular weight excluding hydrogens is 267 g/mol. The van der Waals surface area contributed by atoms with E-state index in [1.165, 1.54) is 19.2 Å². The number of methoxy groups -OCH3 is 1. The van der Waals surface area contributed by atoms with Crippen LogP contribution in [-0.4, -0.2) is 18.2 Å². The summed E-state index contributed by atoms with van der Waals surface area (Å²) in [6.45, 7) is 0.361. The van der Waals surface area contributed by atoms with Gasteiger partial charge in [0.05, 0.1) is 12.7 Å². The van der Waals surface area contributed by atoms with Crippen molar-refractivity contribution in [3.8, 4) is 11.5 Å². The predicted octanol–water partition coefficient (Wildman–Crippen LogP) is 0.0889. The Kier molecular flexibility index (Phi) is 6.58. The van der Waals surface area contributed by atoms with Crippen molar-refractivity contribution in [3.05, 3.63) is 59.7 Å². The molecule has 0 heterocycles. The maximum absolute atomic E-state index is 10.9. The van der Waals surface area contributed by atoms with Gasteiger partial charge in [0.2, 0.25) is 0 Å². The molecule has 0 amide bonds. The fraction of sp³-hybridized carbons (Fsp3) is 0.133. The SMILES string of the molecule is COc1ccc(C(=O)O)cc1OCc1ccccc1.[H-].[Na+]. The van der Waals surface area contributed by atoms with E-state index in [0.29, 0.717) is 18.1 Å². The molecule has 0 atom stereocenters. The summed E-state index contributed by atoms with van der Waals surface area (Å²) in [6.07, 6.45) is 0. The fourth-order valence-corrected chi connectivity index (χ4v) is 1.66. The van der Waals surface area contributed by atoms with Crippen LogP contribution in [0.25, 0.3) is 0 Å². The summed E-state index contributed by atoms with van der Waals surface area (Å²) in [5.74, 6) is -0.0561. The predicted molar refractivity (Wildman–Crippen MR) is 71.8 cm³/mol. The van der Waals surface area contributed by atoms with Crippen LogP contribution in [0.4, 0.5) is 0 Å². The summed E-state index contributed by atoms with van der Waals surface area (Å²) in [4.78, 5) is 10.9. The van der Waals surface area contributed by atoms with Crippen molar-refractivity contribution in [1.29, 1.82) is 0 Å². The smallest absolute Gasteiger partial charge is 1.00 e. The molecule has 0 fully saturated rings. The fourth-order valence-electron chi connectivity index (χ4n) is 1.66. The Bertz CT molecular complexity index is 575. The van der Waals surface area contributed by atoms with Gasteiger partial charge in [-0.3, -0.25) is 0 Å². The monoisotopic (exact) mass is 282 g/mol. The van der Waals surface area contributed by atoms with Crippen molar-refractivity contribution < 1.29 is 50.4 Å². The number of hydrogen-bond donors (Lipinski definition) is 1. The molecule has 0 unspecified atom stereocenters. The van der Waals surface area contributed by atoms with E-state index in [9.17, 15) is 4.79 Å². The minimum absolute atomic E-state index is 0. The largest absolute Gasteiger partial charge is 1.00 e. The van der Waals surface area contributed by atoms with Gasteiger partial charge in [0.15, 0.2) is 11.5 Å². The number of rotatable bonds is 5. The van der Waals surface area contributed by atoms with E-state index in [-0.39, 0.29) is 36.5 Å². The van der Waals surface area contributed by atoms with Crippen molar-refractivity contribution >= 4 is 5.97 Å². The van der Waals surface area contributed by atoms with Crippen LogP contribution in [0, 0.1) is 0 Å². The van der Waals surface area contributed by atoms with Crippen molar-refractivity contribution in [2.24, 2.45) is 0 Å². The molecule has 0 saturated heterocycles. The number of carboxylic acid groups (broad SMARTS) is 1. The van der Waals surface area contributed by atoms with Crippen LogP contribution >= 0.6 is 0 Å². The maximum atomic E-state index is 10.9. The summed E-state index contributed by atoms with van der Waals surface area (Å²) in [7, 11) is 1.52. The molecule has 0 saturated carbocycles. The van der Waals surface area contributed by atoms with Gasteiger partial charge in [0, 0.05) is 0 Å². The van der Waals surface area contributed by atoms with Gasteiger partial charge >= 0.3 is 35.5 Å². The summed E-state index contributed by atoms with van der Waals surface area (Å²) >= 11 is 0. The third-order valence-electron chi connectivity index (χ3n) is 2.65. The topological polar surface area (TPSA) is 55.8 Å². The van der Waals surface area contributed by atoms with Gasteiger partial charge in [0.25, 0.3) is 0 Å². The Labute approximate surface area is 141 Å². The molecule has 2 aromatic rings. The number of hydrogen-bond acceptors (Lipinski definition) is 3. The molecule has 5 heteroatoms. The Morgan fingerprint density at radius 3 is 2.45 bits per heavy atom. The van der Waals surface area contributed by atoms with Crippen LogP contribution in [-0.2, 0) is 6.61 Å². The van der Waals surface area contributed by atoms with Gasteiger partial charge in [0.1, 0.15) is 6.61 Å². The van der Waals surface area contributed by atoms with Gasteiger partial charge in [-0.25, -0.2) is 4.79 Å². The van der Waals surface area contributed by atoms with Crippen LogP contribution in [0.15, 0.2) is 48.5 Å². The molecule has 2 rings (SSSR count). The van der Waals surface area contributed by atoms with Crippen molar-refractivity contribution in [2.45, 2.75) is 6.61 Å². The number of carbonyl (C=O) groups is 1. The molecule has 4 nitrogen and oxygen atoms in total. The Hall–Kier alpha value is -1.49. The van der Waals surface area contributed by atoms with Crippen LogP contribution < -0.4 is 39.0 Å². The molecule has 0 aromatic heterocycles. The zero-order valence-corrected chi connectivity index (χ0v) is 13.5. The first kappa shape index (κ1) is 16.6. The van der Waals surface area contributed by atoms with Crippen LogP contribution in [0.5, 0.6) is 11.5 Å². The molecule has 0 aliphatic rings. The Morgan fingerprint density at radius 1 is 1.15 bits per heavy atom. The van der Waals surface area contributed by atoms with E-state index < -0.39 is 5.97 Å². The van der Waals surface area contributed by atoms with Gasteiger partial charge in [-0.05, 0) is 23.8 Å². The summed E-state index contributed by atoms with van der Waals surface area (Å²) in [6, 6.07) is 14.2. The van der Waals surface area contributed by atoms with Crippen molar-refractivity contribution in [1.82, 2.24) is 0 Å². The normalized spacial score (nSPS) is 9.45. The second kappa shape index (κ2) is 7.94. The summed E-state index contributed by atoms with van der Waals surface area (Å²) in [5.41, 5.74) is 1.18. The number of ether oxygens (including phenoxy) is 2. The first-order chi connectivity index (χ1) is 9.20. The maximum Gasteiger partial charge on any atom is 1.00 e. The Balaban J connectivity index is 0.00000200. The average Bonchev–Trinajstić information content (AvgIpc) is 2.45. The zero-order valence-electron chi connectivity index (χ0n) is 12.5. The molecule has 0 aliphatic heterocycles.